The van der Waals surface area contributed by atoms with Gasteiger partial charge in [0.2, 0.25) is 0 Å². The summed E-state index contributed by atoms with van der Waals surface area (Å²) in [6.45, 7) is 6.39. The quantitative estimate of drug-likeness (QED) is 0.831. The van der Waals surface area contributed by atoms with E-state index >= 15 is 0 Å². The van der Waals surface area contributed by atoms with Gasteiger partial charge in [0.1, 0.15) is 12.1 Å². The number of nitrogens with one attached hydrogen (secondary N) is 2. The number of amides is 1. The highest BCUT2D eigenvalue weighted by Gasteiger charge is 2.30. The lowest BCUT2D eigenvalue weighted by Crippen LogP contribution is -3.09. The van der Waals surface area contributed by atoms with Crippen molar-refractivity contribution in [3.8, 4) is 6.07 Å². The standard InChI is InChI=1S/C16H21Cl2N3O/c1-11(2)16(3,10-19)20-14(22)9-21(4)8-12-6-5-7-13(17)15(12)18/h5-7,11H,8-9H2,1-4H3,(H,20,22)/p+1/t16-/m0/s1. The highest BCUT2D eigenvalue weighted by Crippen LogP contribution is 2.24. The van der Waals surface area contributed by atoms with E-state index in [0.717, 1.165) is 10.5 Å². The predicted octanol–water partition coefficient (Wildman–Crippen LogP) is 2.06. The minimum atomic E-state index is -0.856. The number of benzene rings is 1. The molecule has 0 spiro atoms. The summed E-state index contributed by atoms with van der Waals surface area (Å²) >= 11 is 12.1. The largest absolute Gasteiger partial charge is 0.333 e. The van der Waals surface area contributed by atoms with Crippen LogP contribution in [0.5, 0.6) is 0 Å². The Kier molecular flexibility index (Phi) is 6.67. The Bertz CT molecular complexity index is 583. The molecule has 0 radical (unpaired) electrons. The average molecular weight is 343 g/mol. The minimum Gasteiger partial charge on any atom is -0.333 e. The van der Waals surface area contributed by atoms with Gasteiger partial charge in [-0.3, -0.25) is 4.79 Å². The Morgan fingerprint density at radius 2 is 2.09 bits per heavy atom. The monoisotopic (exact) mass is 342 g/mol. The summed E-state index contributed by atoms with van der Waals surface area (Å²) in [5, 5.41) is 13.1. The maximum atomic E-state index is 12.1. The van der Waals surface area contributed by atoms with Crippen molar-refractivity contribution in [3.63, 3.8) is 0 Å². The molecule has 0 aliphatic rings. The summed E-state index contributed by atoms with van der Waals surface area (Å²) in [5.41, 5.74) is 0.0387. The molecule has 1 amide bonds. The lowest BCUT2D eigenvalue weighted by atomic mass is 9.90. The molecule has 2 atom stereocenters. The number of nitriles is 1. The van der Waals surface area contributed by atoms with Crippen molar-refractivity contribution in [1.82, 2.24) is 5.32 Å². The summed E-state index contributed by atoms with van der Waals surface area (Å²) in [5.74, 6) is -0.127. The van der Waals surface area contributed by atoms with Gasteiger partial charge in [0.05, 0.1) is 23.2 Å². The van der Waals surface area contributed by atoms with Crippen molar-refractivity contribution in [2.75, 3.05) is 13.6 Å². The van der Waals surface area contributed by atoms with Gasteiger partial charge in [-0.15, -0.1) is 0 Å². The second-order valence-corrected chi connectivity index (χ2v) is 6.83. The molecule has 1 rings (SSSR count). The van der Waals surface area contributed by atoms with Crippen molar-refractivity contribution in [2.24, 2.45) is 5.92 Å². The van der Waals surface area contributed by atoms with Crippen molar-refractivity contribution in [2.45, 2.75) is 32.9 Å². The highest BCUT2D eigenvalue weighted by atomic mass is 35.5. The normalized spacial score (nSPS) is 15.0. The zero-order chi connectivity index (χ0) is 16.9. The Labute approximate surface area is 142 Å². The van der Waals surface area contributed by atoms with Crippen LogP contribution in [0.15, 0.2) is 18.2 Å². The van der Waals surface area contributed by atoms with E-state index < -0.39 is 5.54 Å². The maximum absolute atomic E-state index is 12.1. The molecule has 120 valence electrons. The number of likely N-dealkylation sites (N-methyl/N-ethyl adjacent to an activating group) is 1. The molecule has 6 heteroatoms. The van der Waals surface area contributed by atoms with Gasteiger partial charge in [0.15, 0.2) is 6.54 Å². The molecule has 22 heavy (non-hydrogen) atoms. The minimum absolute atomic E-state index is 0.0316. The Balaban J connectivity index is 2.66. The molecule has 2 N–H and O–H groups in total. The number of carbonyl (C=O) groups excluding carboxylic acids is 1. The molecule has 0 aromatic heterocycles. The van der Waals surface area contributed by atoms with Crippen LogP contribution >= 0.6 is 23.2 Å². The second-order valence-electron chi connectivity index (χ2n) is 6.04. The zero-order valence-corrected chi connectivity index (χ0v) is 14.8. The lowest BCUT2D eigenvalue weighted by molar-refractivity contribution is -0.885. The zero-order valence-electron chi connectivity index (χ0n) is 13.3. The van der Waals surface area contributed by atoms with E-state index in [1.165, 1.54) is 0 Å². The van der Waals surface area contributed by atoms with Crippen LogP contribution < -0.4 is 10.2 Å². The van der Waals surface area contributed by atoms with E-state index in [4.69, 9.17) is 23.2 Å². The third kappa shape index (κ3) is 4.88. The molecule has 0 aliphatic heterocycles. The van der Waals surface area contributed by atoms with Gasteiger partial charge in [-0.25, -0.2) is 0 Å². The molecule has 4 nitrogen and oxygen atoms in total. The molecule has 0 saturated heterocycles. The second kappa shape index (κ2) is 7.82. The van der Waals surface area contributed by atoms with Crippen molar-refractivity contribution >= 4 is 29.1 Å². The van der Waals surface area contributed by atoms with E-state index in [-0.39, 0.29) is 18.4 Å². The van der Waals surface area contributed by atoms with Gasteiger partial charge < -0.3 is 10.2 Å². The van der Waals surface area contributed by atoms with Gasteiger partial charge in [-0.05, 0) is 18.9 Å². The van der Waals surface area contributed by atoms with Gasteiger partial charge in [0.25, 0.3) is 5.91 Å². The third-order valence-electron chi connectivity index (χ3n) is 3.77. The van der Waals surface area contributed by atoms with E-state index in [9.17, 15) is 10.1 Å². The fraction of sp³-hybridized carbons (Fsp3) is 0.500. The van der Waals surface area contributed by atoms with Crippen LogP contribution in [0.4, 0.5) is 0 Å². The third-order valence-corrected chi connectivity index (χ3v) is 4.63. The Morgan fingerprint density at radius 3 is 2.64 bits per heavy atom. The lowest BCUT2D eigenvalue weighted by Gasteiger charge is -2.27. The molecule has 1 aromatic rings. The van der Waals surface area contributed by atoms with Crippen LogP contribution in [0.2, 0.25) is 10.0 Å². The van der Waals surface area contributed by atoms with E-state index in [2.05, 4.69) is 11.4 Å². The summed E-state index contributed by atoms with van der Waals surface area (Å²) < 4.78 is 0. The van der Waals surface area contributed by atoms with Gasteiger partial charge in [0, 0.05) is 5.56 Å². The van der Waals surface area contributed by atoms with Crippen LogP contribution in [0.3, 0.4) is 0 Å². The molecule has 0 heterocycles. The Hall–Kier alpha value is -1.28. The summed E-state index contributed by atoms with van der Waals surface area (Å²) in [6, 6.07) is 7.63. The molecule has 0 aliphatic carbocycles. The predicted molar refractivity (Wildman–Crippen MR) is 88.9 cm³/mol. The molecular weight excluding hydrogens is 321 g/mol. The Morgan fingerprint density at radius 1 is 1.45 bits per heavy atom. The number of nitrogens with zero attached hydrogens (tertiary/aromatic N) is 1. The van der Waals surface area contributed by atoms with E-state index in [1.54, 1.807) is 13.0 Å². The van der Waals surface area contributed by atoms with E-state index in [0.29, 0.717) is 16.6 Å². The van der Waals surface area contributed by atoms with Crippen LogP contribution in [0, 0.1) is 17.2 Å². The molecule has 0 fully saturated rings. The molecule has 1 unspecified atom stereocenters. The van der Waals surface area contributed by atoms with Crippen molar-refractivity contribution in [3.05, 3.63) is 33.8 Å². The number of quaternary nitrogens is 1. The first-order chi connectivity index (χ1) is 10.2. The number of halogens is 2. The van der Waals surface area contributed by atoms with Crippen molar-refractivity contribution in [1.29, 1.82) is 5.26 Å². The SMILES string of the molecule is CC(C)[C@](C)(C#N)NC(=O)C[NH+](C)Cc1cccc(Cl)c1Cl. The van der Waals surface area contributed by atoms with Gasteiger partial charge in [-0.2, -0.15) is 5.26 Å². The number of hydrogen-bond acceptors (Lipinski definition) is 2. The van der Waals surface area contributed by atoms with E-state index in [1.807, 2.05) is 33.0 Å². The van der Waals surface area contributed by atoms with Crippen LogP contribution in [-0.4, -0.2) is 25.0 Å². The smallest absolute Gasteiger partial charge is 0.276 e. The molecule has 1 aromatic carbocycles. The fourth-order valence-electron chi connectivity index (χ4n) is 1.98. The van der Waals surface area contributed by atoms with Crippen molar-refractivity contribution < 1.29 is 9.69 Å². The first-order valence-corrected chi connectivity index (χ1v) is 7.91. The summed E-state index contributed by atoms with van der Waals surface area (Å²) in [7, 11) is 1.90. The van der Waals surface area contributed by atoms with Gasteiger partial charge >= 0.3 is 0 Å². The van der Waals surface area contributed by atoms with Crippen LogP contribution in [0.25, 0.3) is 0 Å². The molecule has 0 saturated carbocycles. The first-order valence-electron chi connectivity index (χ1n) is 7.16. The van der Waals surface area contributed by atoms with Crippen LogP contribution in [-0.2, 0) is 11.3 Å². The van der Waals surface area contributed by atoms with Gasteiger partial charge in [-0.1, -0.05) is 49.2 Å². The topological polar surface area (TPSA) is 57.3 Å². The molecular formula is C16H22Cl2N3O+. The average Bonchev–Trinajstić information content (AvgIpc) is 2.43. The highest BCUT2D eigenvalue weighted by molar-refractivity contribution is 6.42. The van der Waals surface area contributed by atoms with Crippen LogP contribution in [0.1, 0.15) is 26.3 Å². The number of carbonyl (C=O) groups is 1. The maximum Gasteiger partial charge on any atom is 0.276 e. The first kappa shape index (κ1) is 18.8. The number of rotatable bonds is 6. The number of hydrogen-bond donors (Lipinski definition) is 2. The molecule has 0 bridgehead atoms. The summed E-state index contributed by atoms with van der Waals surface area (Å²) in [6.07, 6.45) is 0. The summed E-state index contributed by atoms with van der Waals surface area (Å²) in [4.78, 5) is 13.1. The fourth-order valence-corrected chi connectivity index (χ4v) is 2.37.